The monoisotopic (exact) mass is 339 g/mol. The second-order valence-corrected chi connectivity index (χ2v) is 5.50. The molecule has 0 aliphatic carbocycles. The molecule has 0 fully saturated rings. The second-order valence-electron chi connectivity index (χ2n) is 5.06. The Hall–Kier alpha value is -2.99. The zero-order valence-electron chi connectivity index (χ0n) is 12.8. The van der Waals surface area contributed by atoms with E-state index in [0.717, 1.165) is 5.69 Å². The lowest BCUT2D eigenvalue weighted by Gasteiger charge is -2.08. The molecule has 1 aromatic heterocycles. The minimum absolute atomic E-state index is 0.00549. The van der Waals surface area contributed by atoms with Crippen LogP contribution >= 0.6 is 11.6 Å². The molecule has 120 valence electrons. The third-order valence-corrected chi connectivity index (χ3v) is 3.42. The highest BCUT2D eigenvalue weighted by atomic mass is 35.5. The van der Waals surface area contributed by atoms with Crippen molar-refractivity contribution in [1.82, 2.24) is 15.2 Å². The molecule has 0 unspecified atom stereocenters. The molecule has 0 amide bonds. The quantitative estimate of drug-likeness (QED) is 0.678. The van der Waals surface area contributed by atoms with Crippen LogP contribution in [0.25, 0.3) is 0 Å². The molecule has 0 atom stereocenters. The number of aromatic nitrogens is 3. The molecular formula is C17H14ClN5O. The van der Waals surface area contributed by atoms with Crippen molar-refractivity contribution in [3.63, 3.8) is 0 Å². The van der Waals surface area contributed by atoms with E-state index in [9.17, 15) is 4.79 Å². The van der Waals surface area contributed by atoms with Crippen LogP contribution in [0.15, 0.2) is 54.7 Å². The Kier molecular flexibility index (Phi) is 4.67. The third kappa shape index (κ3) is 4.05. The maximum atomic E-state index is 11.4. The fourth-order valence-corrected chi connectivity index (χ4v) is 2.27. The first-order chi connectivity index (χ1) is 11.6. The SMILES string of the molecule is CC(=O)c1cccc(Nc2nncc(Nc3cccc(Cl)c3)n2)c1. The predicted molar refractivity (Wildman–Crippen MR) is 94.3 cm³/mol. The third-order valence-electron chi connectivity index (χ3n) is 3.18. The maximum absolute atomic E-state index is 11.4. The summed E-state index contributed by atoms with van der Waals surface area (Å²) in [5, 5.41) is 14.6. The first kappa shape index (κ1) is 15.9. The number of benzene rings is 2. The molecule has 0 spiro atoms. The van der Waals surface area contributed by atoms with E-state index in [4.69, 9.17) is 11.6 Å². The van der Waals surface area contributed by atoms with Gasteiger partial charge in [-0.2, -0.15) is 10.1 Å². The van der Waals surface area contributed by atoms with E-state index in [1.165, 1.54) is 13.1 Å². The Morgan fingerprint density at radius 3 is 2.54 bits per heavy atom. The lowest BCUT2D eigenvalue weighted by Crippen LogP contribution is -2.03. The van der Waals surface area contributed by atoms with Crippen molar-refractivity contribution in [2.24, 2.45) is 0 Å². The highest BCUT2D eigenvalue weighted by Crippen LogP contribution is 2.20. The van der Waals surface area contributed by atoms with E-state index in [2.05, 4.69) is 25.8 Å². The fourth-order valence-electron chi connectivity index (χ4n) is 2.08. The van der Waals surface area contributed by atoms with Crippen molar-refractivity contribution in [2.75, 3.05) is 10.6 Å². The van der Waals surface area contributed by atoms with Gasteiger partial charge in [0.05, 0.1) is 6.20 Å². The summed E-state index contributed by atoms with van der Waals surface area (Å²) in [5.74, 6) is 0.842. The summed E-state index contributed by atoms with van der Waals surface area (Å²) >= 11 is 5.96. The van der Waals surface area contributed by atoms with Gasteiger partial charge in [-0.25, -0.2) is 0 Å². The Morgan fingerprint density at radius 1 is 1.04 bits per heavy atom. The first-order valence-corrected chi connectivity index (χ1v) is 7.58. The van der Waals surface area contributed by atoms with E-state index in [0.29, 0.717) is 28.0 Å². The molecule has 3 rings (SSSR count). The lowest BCUT2D eigenvalue weighted by molar-refractivity contribution is 0.101. The van der Waals surface area contributed by atoms with E-state index in [1.807, 2.05) is 18.2 Å². The second kappa shape index (κ2) is 7.06. The normalized spacial score (nSPS) is 10.2. The summed E-state index contributed by atoms with van der Waals surface area (Å²) in [6.45, 7) is 1.52. The topological polar surface area (TPSA) is 79.8 Å². The molecule has 0 bridgehead atoms. The van der Waals surface area contributed by atoms with Crippen LogP contribution < -0.4 is 10.6 Å². The highest BCUT2D eigenvalue weighted by Gasteiger charge is 2.05. The summed E-state index contributed by atoms with van der Waals surface area (Å²) in [6.07, 6.45) is 1.51. The molecule has 0 saturated carbocycles. The Balaban J connectivity index is 1.78. The standard InChI is InChI=1S/C17H14ClN5O/c1-11(24)12-4-2-6-14(8-12)21-17-22-16(10-19-23-17)20-15-7-3-5-13(18)9-15/h2-10H,1H3,(H2,20,21,22,23). The average molecular weight is 340 g/mol. The van der Waals surface area contributed by atoms with Crippen LogP contribution in [0.4, 0.5) is 23.1 Å². The summed E-state index contributed by atoms with van der Waals surface area (Å²) in [7, 11) is 0. The number of ketones is 1. The number of carbonyl (C=O) groups is 1. The van der Waals surface area contributed by atoms with Crippen LogP contribution in [0.5, 0.6) is 0 Å². The number of halogens is 1. The number of nitrogens with one attached hydrogen (secondary N) is 2. The van der Waals surface area contributed by atoms with Gasteiger partial charge >= 0.3 is 0 Å². The van der Waals surface area contributed by atoms with Crippen LogP contribution in [0.1, 0.15) is 17.3 Å². The summed E-state index contributed by atoms with van der Waals surface area (Å²) in [6, 6.07) is 14.4. The predicted octanol–water partition coefficient (Wildman–Crippen LogP) is 4.21. The Labute approximate surface area is 143 Å². The van der Waals surface area contributed by atoms with E-state index in [1.54, 1.807) is 30.3 Å². The molecule has 0 aliphatic heterocycles. The van der Waals surface area contributed by atoms with Gasteiger partial charge in [0.2, 0.25) is 5.95 Å². The van der Waals surface area contributed by atoms with E-state index >= 15 is 0 Å². The molecule has 1 heterocycles. The maximum Gasteiger partial charge on any atom is 0.249 e. The number of anilines is 4. The summed E-state index contributed by atoms with van der Waals surface area (Å²) < 4.78 is 0. The van der Waals surface area contributed by atoms with Gasteiger partial charge in [0, 0.05) is 22.0 Å². The molecule has 0 saturated heterocycles. The number of nitrogens with zero attached hydrogens (tertiary/aromatic N) is 3. The van der Waals surface area contributed by atoms with Crippen molar-refractivity contribution in [3.8, 4) is 0 Å². The van der Waals surface area contributed by atoms with Crippen LogP contribution in [0.2, 0.25) is 5.02 Å². The lowest BCUT2D eigenvalue weighted by atomic mass is 10.1. The zero-order chi connectivity index (χ0) is 16.9. The van der Waals surface area contributed by atoms with Crippen LogP contribution in [-0.2, 0) is 0 Å². The molecule has 24 heavy (non-hydrogen) atoms. The average Bonchev–Trinajstić information content (AvgIpc) is 2.55. The smallest absolute Gasteiger partial charge is 0.249 e. The summed E-state index contributed by atoms with van der Waals surface area (Å²) in [4.78, 5) is 15.8. The minimum atomic E-state index is -0.00549. The van der Waals surface area contributed by atoms with Gasteiger partial charge in [-0.05, 0) is 37.3 Å². The van der Waals surface area contributed by atoms with Gasteiger partial charge in [-0.15, -0.1) is 5.10 Å². The van der Waals surface area contributed by atoms with Gasteiger partial charge in [0.15, 0.2) is 11.6 Å². The van der Waals surface area contributed by atoms with Crippen LogP contribution in [-0.4, -0.2) is 21.0 Å². The van der Waals surface area contributed by atoms with Crippen molar-refractivity contribution in [3.05, 3.63) is 65.3 Å². The zero-order valence-corrected chi connectivity index (χ0v) is 13.6. The van der Waals surface area contributed by atoms with E-state index < -0.39 is 0 Å². The number of rotatable bonds is 5. The van der Waals surface area contributed by atoms with E-state index in [-0.39, 0.29) is 5.78 Å². The first-order valence-electron chi connectivity index (χ1n) is 7.20. The van der Waals surface area contributed by atoms with Crippen LogP contribution in [0, 0.1) is 0 Å². The van der Waals surface area contributed by atoms with Crippen LogP contribution in [0.3, 0.4) is 0 Å². The number of hydrogen-bond acceptors (Lipinski definition) is 6. The minimum Gasteiger partial charge on any atom is -0.339 e. The largest absolute Gasteiger partial charge is 0.339 e. The highest BCUT2D eigenvalue weighted by molar-refractivity contribution is 6.30. The summed E-state index contributed by atoms with van der Waals surface area (Å²) in [5.41, 5.74) is 2.12. The van der Waals surface area contributed by atoms with Gasteiger partial charge in [-0.3, -0.25) is 4.79 Å². The molecule has 0 aliphatic rings. The molecule has 0 radical (unpaired) electrons. The van der Waals surface area contributed by atoms with Gasteiger partial charge in [-0.1, -0.05) is 29.8 Å². The number of Topliss-reactive ketones (excluding diaryl/α,β-unsaturated/α-hetero) is 1. The molecule has 2 N–H and O–H groups in total. The number of carbonyl (C=O) groups excluding carboxylic acids is 1. The molecular weight excluding hydrogens is 326 g/mol. The van der Waals surface area contributed by atoms with Crippen molar-refractivity contribution < 1.29 is 4.79 Å². The Bertz CT molecular complexity index is 884. The number of hydrogen-bond donors (Lipinski definition) is 2. The van der Waals surface area contributed by atoms with Crippen molar-refractivity contribution in [2.45, 2.75) is 6.92 Å². The molecule has 3 aromatic rings. The fraction of sp³-hybridized carbons (Fsp3) is 0.0588. The molecule has 7 heteroatoms. The van der Waals surface area contributed by atoms with Crippen molar-refractivity contribution >= 4 is 40.5 Å². The van der Waals surface area contributed by atoms with Gasteiger partial charge in [0.1, 0.15) is 0 Å². The van der Waals surface area contributed by atoms with Gasteiger partial charge < -0.3 is 10.6 Å². The molecule has 2 aromatic carbocycles. The Morgan fingerprint density at radius 2 is 1.79 bits per heavy atom. The van der Waals surface area contributed by atoms with Crippen molar-refractivity contribution in [1.29, 1.82) is 0 Å². The molecule has 6 nitrogen and oxygen atoms in total. The van der Waals surface area contributed by atoms with Gasteiger partial charge in [0.25, 0.3) is 0 Å².